The van der Waals surface area contributed by atoms with Crippen molar-refractivity contribution >= 4 is 28.7 Å². The fourth-order valence-corrected chi connectivity index (χ4v) is 2.69. The number of esters is 1. The van der Waals surface area contributed by atoms with Gasteiger partial charge in [-0.3, -0.25) is 4.79 Å². The van der Waals surface area contributed by atoms with Crippen molar-refractivity contribution in [2.45, 2.75) is 19.6 Å². The third kappa shape index (κ3) is 3.81. The van der Waals surface area contributed by atoms with Crippen LogP contribution >= 0.6 is 0 Å². The van der Waals surface area contributed by atoms with Crippen LogP contribution in [0.2, 0.25) is 0 Å². The summed E-state index contributed by atoms with van der Waals surface area (Å²) < 4.78 is 50.7. The van der Waals surface area contributed by atoms with Gasteiger partial charge < -0.3 is 19.0 Å². The average molecular weight is 380 g/mol. The molecule has 1 aromatic carbocycles. The Balaban J connectivity index is 1.88. The summed E-state index contributed by atoms with van der Waals surface area (Å²) in [5.74, 6) is -1.39. The number of para-hydroxylation sites is 1. The van der Waals surface area contributed by atoms with E-state index in [9.17, 15) is 22.8 Å². The molecule has 1 N–H and O–H groups in total. The largest absolute Gasteiger partial charge is 0.463 e. The molecule has 0 saturated carbocycles. The van der Waals surface area contributed by atoms with Crippen LogP contribution in [0.5, 0.6) is 0 Å². The zero-order valence-electron chi connectivity index (χ0n) is 14.2. The summed E-state index contributed by atoms with van der Waals surface area (Å²) in [5.41, 5.74) is -0.419. The van der Waals surface area contributed by atoms with Crippen LogP contribution in [0.1, 0.15) is 23.0 Å². The number of benzene rings is 1. The first-order valence-corrected chi connectivity index (χ1v) is 8.01. The normalized spacial score (nSPS) is 11.6. The van der Waals surface area contributed by atoms with Gasteiger partial charge in [0.25, 0.3) is 0 Å². The minimum atomic E-state index is -4.61. The van der Waals surface area contributed by atoms with Crippen molar-refractivity contribution in [3.8, 4) is 0 Å². The monoisotopic (exact) mass is 380 g/mol. The molecule has 0 saturated heterocycles. The number of halogens is 3. The molecule has 0 unspecified atom stereocenters. The predicted molar refractivity (Wildman–Crippen MR) is 90.2 cm³/mol. The van der Waals surface area contributed by atoms with Crippen LogP contribution in [-0.4, -0.2) is 23.1 Å². The van der Waals surface area contributed by atoms with Crippen LogP contribution < -0.4 is 5.32 Å². The second kappa shape index (κ2) is 7.18. The SMILES string of the molecule is CCOC(=O)c1cc2occc2n1CC(=O)Nc1ccccc1C(F)(F)F. The van der Waals surface area contributed by atoms with Crippen LogP contribution in [0.15, 0.2) is 47.1 Å². The maximum Gasteiger partial charge on any atom is 0.418 e. The van der Waals surface area contributed by atoms with Gasteiger partial charge in [-0.2, -0.15) is 13.2 Å². The van der Waals surface area contributed by atoms with Crippen molar-refractivity contribution in [1.82, 2.24) is 4.57 Å². The molecule has 3 aromatic rings. The second-order valence-corrected chi connectivity index (χ2v) is 5.60. The smallest absolute Gasteiger partial charge is 0.418 e. The van der Waals surface area contributed by atoms with Gasteiger partial charge in [-0.15, -0.1) is 0 Å². The Morgan fingerprint density at radius 1 is 1.22 bits per heavy atom. The number of nitrogens with zero attached hydrogens (tertiary/aromatic N) is 1. The molecule has 142 valence electrons. The Hall–Kier alpha value is -3.23. The van der Waals surface area contributed by atoms with Crippen molar-refractivity contribution in [1.29, 1.82) is 0 Å². The van der Waals surface area contributed by atoms with Crippen molar-refractivity contribution in [3.63, 3.8) is 0 Å². The number of carbonyl (C=O) groups is 2. The second-order valence-electron chi connectivity index (χ2n) is 5.60. The summed E-state index contributed by atoms with van der Waals surface area (Å²) in [7, 11) is 0. The Kier molecular flexibility index (Phi) is 4.93. The number of hydrogen-bond acceptors (Lipinski definition) is 4. The summed E-state index contributed by atoms with van der Waals surface area (Å²) in [6.45, 7) is 1.38. The summed E-state index contributed by atoms with van der Waals surface area (Å²) in [4.78, 5) is 24.5. The fraction of sp³-hybridized carbons (Fsp3) is 0.222. The maximum absolute atomic E-state index is 13.1. The van der Waals surface area contributed by atoms with Crippen LogP contribution in [0.4, 0.5) is 18.9 Å². The van der Waals surface area contributed by atoms with Crippen LogP contribution in [0.3, 0.4) is 0 Å². The van der Waals surface area contributed by atoms with Gasteiger partial charge in [-0.25, -0.2) is 4.79 Å². The van der Waals surface area contributed by atoms with Gasteiger partial charge in [-0.05, 0) is 19.1 Å². The van der Waals surface area contributed by atoms with Crippen molar-refractivity contribution in [2.75, 3.05) is 11.9 Å². The highest BCUT2D eigenvalue weighted by molar-refractivity contribution is 5.97. The summed E-state index contributed by atoms with van der Waals surface area (Å²) in [6, 6.07) is 7.63. The van der Waals surface area contributed by atoms with E-state index in [2.05, 4.69) is 5.32 Å². The first kappa shape index (κ1) is 18.6. The van der Waals surface area contributed by atoms with E-state index in [0.29, 0.717) is 11.1 Å². The lowest BCUT2D eigenvalue weighted by Crippen LogP contribution is -2.23. The molecule has 0 spiro atoms. The number of amides is 1. The van der Waals surface area contributed by atoms with E-state index in [0.717, 1.165) is 12.1 Å². The lowest BCUT2D eigenvalue weighted by molar-refractivity contribution is -0.137. The van der Waals surface area contributed by atoms with Gasteiger partial charge in [0.2, 0.25) is 5.91 Å². The van der Waals surface area contributed by atoms with Crippen LogP contribution in [0.25, 0.3) is 11.1 Å². The summed E-state index contributed by atoms with van der Waals surface area (Å²) in [6.07, 6.45) is -3.22. The van der Waals surface area contributed by atoms with Gasteiger partial charge in [0.1, 0.15) is 12.2 Å². The van der Waals surface area contributed by atoms with Crippen molar-refractivity contribution in [2.24, 2.45) is 0 Å². The molecule has 6 nitrogen and oxygen atoms in total. The average Bonchev–Trinajstić information content (AvgIpc) is 3.17. The number of fused-ring (bicyclic) bond motifs is 1. The van der Waals surface area contributed by atoms with E-state index in [-0.39, 0.29) is 24.5 Å². The maximum atomic E-state index is 13.1. The third-order valence-corrected chi connectivity index (χ3v) is 3.82. The van der Waals surface area contributed by atoms with Crippen LogP contribution in [-0.2, 0) is 22.3 Å². The Labute approximate surface area is 151 Å². The number of carbonyl (C=O) groups excluding carboxylic acids is 2. The Morgan fingerprint density at radius 2 is 1.96 bits per heavy atom. The number of furan rings is 1. The number of rotatable bonds is 5. The molecule has 2 aromatic heterocycles. The Bertz CT molecular complexity index is 988. The lowest BCUT2D eigenvalue weighted by atomic mass is 10.1. The third-order valence-electron chi connectivity index (χ3n) is 3.82. The number of nitrogens with one attached hydrogen (secondary N) is 1. The molecule has 0 bridgehead atoms. The zero-order chi connectivity index (χ0) is 19.6. The molecular weight excluding hydrogens is 365 g/mol. The molecule has 2 heterocycles. The fourth-order valence-electron chi connectivity index (χ4n) is 2.69. The topological polar surface area (TPSA) is 73.5 Å². The lowest BCUT2D eigenvalue weighted by Gasteiger charge is -2.14. The van der Waals surface area contributed by atoms with Crippen molar-refractivity contribution in [3.05, 3.63) is 53.9 Å². The highest BCUT2D eigenvalue weighted by Gasteiger charge is 2.33. The van der Waals surface area contributed by atoms with Gasteiger partial charge in [0.15, 0.2) is 5.58 Å². The van der Waals surface area contributed by atoms with E-state index in [1.165, 1.54) is 29.0 Å². The van der Waals surface area contributed by atoms with E-state index in [4.69, 9.17) is 9.15 Å². The molecule has 0 atom stereocenters. The first-order valence-electron chi connectivity index (χ1n) is 8.01. The van der Waals surface area contributed by atoms with Crippen LogP contribution in [0, 0.1) is 0 Å². The van der Waals surface area contributed by atoms with Gasteiger partial charge in [0.05, 0.1) is 29.6 Å². The minimum absolute atomic E-state index is 0.0745. The van der Waals surface area contributed by atoms with Gasteiger partial charge >= 0.3 is 12.1 Å². The van der Waals surface area contributed by atoms with E-state index < -0.39 is 23.6 Å². The molecule has 27 heavy (non-hydrogen) atoms. The predicted octanol–water partition coefficient (Wildman–Crippen LogP) is 4.07. The minimum Gasteiger partial charge on any atom is -0.463 e. The number of hydrogen-bond donors (Lipinski definition) is 1. The van der Waals surface area contributed by atoms with Gasteiger partial charge in [0, 0.05) is 12.1 Å². The first-order chi connectivity index (χ1) is 12.8. The van der Waals surface area contributed by atoms with E-state index in [1.807, 2.05) is 0 Å². The number of ether oxygens (including phenoxy) is 1. The molecule has 0 aliphatic heterocycles. The molecule has 9 heteroatoms. The summed E-state index contributed by atoms with van der Waals surface area (Å²) >= 11 is 0. The molecule has 0 aliphatic carbocycles. The standard InChI is InChI=1S/C18H15F3N2O4/c1-2-26-17(25)14-9-15-13(7-8-27-15)23(14)10-16(24)22-12-6-4-3-5-11(12)18(19,20)21/h3-9H,2,10H2,1H3,(H,22,24). The molecule has 1 amide bonds. The molecule has 0 radical (unpaired) electrons. The highest BCUT2D eigenvalue weighted by Crippen LogP contribution is 2.34. The van der Waals surface area contributed by atoms with E-state index >= 15 is 0 Å². The number of alkyl halides is 3. The molecule has 3 rings (SSSR count). The quantitative estimate of drug-likeness (QED) is 0.678. The van der Waals surface area contributed by atoms with Gasteiger partial charge in [-0.1, -0.05) is 12.1 Å². The summed E-state index contributed by atoms with van der Waals surface area (Å²) in [5, 5.41) is 2.25. The Morgan fingerprint density at radius 3 is 2.67 bits per heavy atom. The molecule has 0 aliphatic rings. The molecule has 0 fully saturated rings. The van der Waals surface area contributed by atoms with E-state index in [1.54, 1.807) is 13.0 Å². The van der Waals surface area contributed by atoms with Crippen molar-refractivity contribution < 1.29 is 31.9 Å². The molecular formula is C18H15F3N2O4. The number of anilines is 1. The highest BCUT2D eigenvalue weighted by atomic mass is 19.4. The zero-order valence-corrected chi connectivity index (χ0v) is 14.2. The number of aromatic nitrogens is 1.